The molecule has 0 fully saturated rings. The Morgan fingerprint density at radius 1 is 1.62 bits per heavy atom. The molecule has 1 heterocycles. The number of rotatable bonds is 2. The van der Waals surface area contributed by atoms with E-state index in [4.69, 9.17) is 0 Å². The van der Waals surface area contributed by atoms with E-state index in [1.54, 1.807) is 27.9 Å². The van der Waals surface area contributed by atoms with E-state index in [1.807, 2.05) is 12.1 Å². The summed E-state index contributed by atoms with van der Waals surface area (Å²) in [6.07, 6.45) is 1.99. The molecule has 66 valence electrons. The van der Waals surface area contributed by atoms with Crippen LogP contribution in [0.5, 0.6) is 0 Å². The Bertz CT molecular complexity index is 276. The third-order valence-electron chi connectivity index (χ3n) is 1.46. The van der Waals surface area contributed by atoms with Gasteiger partial charge in [-0.05, 0) is 0 Å². The molecule has 0 amide bonds. The maximum atomic E-state index is 10.8. The van der Waals surface area contributed by atoms with Crippen molar-refractivity contribution in [1.82, 2.24) is 4.98 Å². The maximum absolute atomic E-state index is 10.8. The first-order chi connectivity index (χ1) is 5.72. The van der Waals surface area contributed by atoms with E-state index in [2.05, 4.69) is 9.72 Å². The number of hydrogen-bond donors (Lipinski definition) is 0. The average molecular weight is 210 g/mol. The molecule has 0 aromatic carbocycles. The van der Waals surface area contributed by atoms with Gasteiger partial charge in [0.05, 0.1) is 0 Å². The van der Waals surface area contributed by atoms with Crippen molar-refractivity contribution in [1.29, 1.82) is 0 Å². The van der Waals surface area contributed by atoms with Gasteiger partial charge in [0.2, 0.25) is 0 Å². The van der Waals surface area contributed by atoms with Gasteiger partial charge in [-0.1, -0.05) is 0 Å². The van der Waals surface area contributed by atoms with Gasteiger partial charge in [0, 0.05) is 0 Å². The predicted octanol–water partition coefficient (Wildman–Crippen LogP) is -3.41. The van der Waals surface area contributed by atoms with Crippen LogP contribution in [0.1, 0.15) is 5.56 Å². The summed E-state index contributed by atoms with van der Waals surface area (Å²) < 4.78 is 5.49. The molecular weight excluding hydrogens is 202 g/mol. The number of methoxy groups -OCH3 is 1. The van der Waals surface area contributed by atoms with Crippen LogP contribution >= 0.6 is 0 Å². The third kappa shape index (κ3) is 4.45. The van der Waals surface area contributed by atoms with Crippen LogP contribution in [0.2, 0.25) is 0 Å². The van der Waals surface area contributed by atoms with E-state index in [0.29, 0.717) is 6.42 Å². The molecule has 0 aliphatic heterocycles. The van der Waals surface area contributed by atoms with Crippen molar-refractivity contribution in [3.05, 3.63) is 23.9 Å². The molecule has 13 heavy (non-hydrogen) atoms. The topological polar surface area (TPSA) is 39.2 Å². The molecule has 0 saturated heterocycles. The van der Waals surface area contributed by atoms with Gasteiger partial charge in [0.1, 0.15) is 0 Å². The molecule has 0 atom stereocenters. The number of esters is 1. The summed E-state index contributed by atoms with van der Waals surface area (Å²) >= 11 is 1.71. The number of hydrogen-bond acceptors (Lipinski definition) is 3. The molecule has 0 aliphatic carbocycles. The first kappa shape index (κ1) is 12.7. The molecular formula is C8H8ClMgNO2. The van der Waals surface area contributed by atoms with Gasteiger partial charge >= 0.3 is 83.4 Å². The Labute approximate surface area is 95.7 Å². The van der Waals surface area contributed by atoms with Gasteiger partial charge in [-0.2, -0.15) is 0 Å². The second-order valence-corrected chi connectivity index (χ2v) is 3.14. The largest absolute Gasteiger partial charge is 1.00 e. The van der Waals surface area contributed by atoms with Crippen LogP contribution in [0.15, 0.2) is 18.3 Å². The van der Waals surface area contributed by atoms with Crippen molar-refractivity contribution >= 4 is 31.5 Å². The molecule has 0 aliphatic rings. The standard InChI is InChI=1S/C8H8NO2.ClH.Mg/c1-11-8(10)5-7-3-2-4-9-6-7;;/h2-3,6H,5H2,1H3;1H;/q;;+1/p-1. The monoisotopic (exact) mass is 209 g/mol. The van der Waals surface area contributed by atoms with Crippen LogP contribution in [-0.4, -0.2) is 39.8 Å². The van der Waals surface area contributed by atoms with Crippen molar-refractivity contribution in [2.45, 2.75) is 6.42 Å². The summed E-state index contributed by atoms with van der Waals surface area (Å²) in [6.45, 7) is 0. The second-order valence-electron chi connectivity index (χ2n) is 2.41. The Morgan fingerprint density at radius 3 is 2.77 bits per heavy atom. The summed E-state index contributed by atoms with van der Waals surface area (Å²) in [6, 6.07) is 3.77. The van der Waals surface area contributed by atoms with E-state index in [1.165, 1.54) is 7.11 Å². The number of nitrogens with zero attached hydrogens (tertiary/aromatic N) is 1. The zero-order chi connectivity index (χ0) is 8.97. The number of ether oxygens (including phenoxy) is 1. The minimum atomic E-state index is -0.233. The predicted molar refractivity (Wildman–Crippen MR) is 45.3 cm³/mol. The van der Waals surface area contributed by atoms with E-state index in [9.17, 15) is 4.79 Å². The molecule has 3 nitrogen and oxygen atoms in total. The number of halogens is 1. The van der Waals surface area contributed by atoms with Crippen molar-refractivity contribution in [2.75, 3.05) is 7.11 Å². The number of aromatic nitrogens is 1. The molecule has 0 radical (unpaired) electrons. The van der Waals surface area contributed by atoms with E-state index in [-0.39, 0.29) is 18.4 Å². The van der Waals surface area contributed by atoms with E-state index < -0.39 is 0 Å². The fraction of sp³-hybridized carbons (Fsp3) is 0.250. The quantitative estimate of drug-likeness (QED) is 0.377. The fourth-order valence-corrected chi connectivity index (χ4v) is 1.01. The smallest absolute Gasteiger partial charge is 1.00 e. The van der Waals surface area contributed by atoms with Crippen LogP contribution < -0.4 is 16.2 Å². The molecule has 5 heteroatoms. The van der Waals surface area contributed by atoms with Crippen molar-refractivity contribution in [2.24, 2.45) is 0 Å². The number of carbonyl (C=O) groups excluding carboxylic acids is 1. The number of pyridine rings is 1. The van der Waals surface area contributed by atoms with Crippen LogP contribution in [0.4, 0.5) is 0 Å². The summed E-state index contributed by atoms with van der Waals surface area (Å²) in [4.78, 5) is 14.9. The van der Waals surface area contributed by atoms with Gasteiger partial charge in [-0.3, -0.25) is 0 Å². The van der Waals surface area contributed by atoms with Gasteiger partial charge in [0.25, 0.3) is 0 Å². The summed E-state index contributed by atoms with van der Waals surface area (Å²) in [5.41, 5.74) is 0.886. The van der Waals surface area contributed by atoms with Crippen LogP contribution in [0.3, 0.4) is 0 Å². The van der Waals surface area contributed by atoms with Crippen molar-refractivity contribution < 1.29 is 21.9 Å². The normalized spacial score (nSPS) is 8.85. The van der Waals surface area contributed by atoms with E-state index >= 15 is 0 Å². The average Bonchev–Trinajstić information content (AvgIpc) is 2.09. The third-order valence-corrected chi connectivity index (χ3v) is 1.88. The first-order valence-electron chi connectivity index (χ1n) is 3.56. The maximum Gasteiger partial charge on any atom is -1.00 e. The Kier molecular flexibility index (Phi) is 6.02. The summed E-state index contributed by atoms with van der Waals surface area (Å²) in [5.74, 6) is -0.233. The molecule has 0 N–H and O–H groups in total. The minimum absolute atomic E-state index is 0. The van der Waals surface area contributed by atoms with Crippen LogP contribution in [0.25, 0.3) is 0 Å². The first-order valence-corrected chi connectivity index (χ1v) is 4.27. The van der Waals surface area contributed by atoms with Crippen LogP contribution in [-0.2, 0) is 16.0 Å². The minimum Gasteiger partial charge on any atom is -1.00 e. The molecule has 0 bridgehead atoms. The molecule has 1 aromatic heterocycles. The Hall–Kier alpha value is -0.324. The van der Waals surface area contributed by atoms with Gasteiger partial charge < -0.3 is 12.4 Å². The van der Waals surface area contributed by atoms with Gasteiger partial charge in [-0.25, -0.2) is 0 Å². The molecule has 0 spiro atoms. The van der Waals surface area contributed by atoms with Gasteiger partial charge in [0.15, 0.2) is 0 Å². The molecule has 0 unspecified atom stereocenters. The molecule has 1 rings (SSSR count). The Morgan fingerprint density at radius 2 is 2.31 bits per heavy atom. The SMILES string of the molecule is COC(=O)Cc1cc[c]([Mg+])nc1.[Cl-]. The molecule has 1 aromatic rings. The fourth-order valence-electron chi connectivity index (χ4n) is 0.799. The summed E-state index contributed by atoms with van der Waals surface area (Å²) in [5, 5.41) is 0. The van der Waals surface area contributed by atoms with E-state index in [0.717, 1.165) is 9.39 Å². The van der Waals surface area contributed by atoms with Crippen LogP contribution in [0, 0.1) is 0 Å². The van der Waals surface area contributed by atoms with Gasteiger partial charge in [-0.15, -0.1) is 0 Å². The van der Waals surface area contributed by atoms with Crippen molar-refractivity contribution in [3.8, 4) is 0 Å². The molecule has 0 saturated carbocycles. The second kappa shape index (κ2) is 6.18. The number of carbonyl (C=O) groups is 1. The zero-order valence-electron chi connectivity index (χ0n) is 7.29. The zero-order valence-corrected chi connectivity index (χ0v) is 9.46. The summed E-state index contributed by atoms with van der Waals surface area (Å²) in [7, 11) is 1.38. The van der Waals surface area contributed by atoms with Crippen molar-refractivity contribution in [3.63, 3.8) is 0 Å². The Balaban J connectivity index is 0.00000144.